The number of alkyl halides is 3. The molecule has 0 aliphatic heterocycles. The van der Waals surface area contributed by atoms with Gasteiger partial charge in [-0.2, -0.15) is 13.2 Å². The van der Waals surface area contributed by atoms with Crippen LogP contribution >= 0.6 is 0 Å². The average molecular weight is 503 g/mol. The van der Waals surface area contributed by atoms with Crippen LogP contribution in [0, 0.1) is 23.5 Å². The van der Waals surface area contributed by atoms with Crippen molar-refractivity contribution in [1.82, 2.24) is 0 Å². The summed E-state index contributed by atoms with van der Waals surface area (Å²) in [7, 11) is 0. The summed E-state index contributed by atoms with van der Waals surface area (Å²) >= 11 is 0. The number of hydrogen-bond donors (Lipinski definition) is 0. The molecule has 6 heteroatoms. The zero-order chi connectivity index (χ0) is 25.7. The highest BCUT2D eigenvalue weighted by atomic mass is 19.4. The van der Waals surface area contributed by atoms with Crippen molar-refractivity contribution in [3.8, 4) is 22.6 Å². The molecule has 0 bridgehead atoms. The van der Waals surface area contributed by atoms with Crippen molar-refractivity contribution in [1.29, 1.82) is 0 Å². The first-order valence-corrected chi connectivity index (χ1v) is 12.7. The van der Waals surface area contributed by atoms with E-state index in [4.69, 9.17) is 4.74 Å². The third-order valence-corrected chi connectivity index (χ3v) is 7.22. The standard InChI is InChI=1S/C30H31F5O/c1-2-6-20-9-11-21(12-10-20)13-18-25-27(31)19-26(22-7-4-3-5-8-22)29(28(25)32)36-24-16-14-23(15-17-24)30(33,34)35/h3-5,7-8,14-17,19-21H,2,6,9-13,18H2,1H3/t20-,21-. The fraction of sp³-hybridized carbons (Fsp3) is 0.400. The number of benzene rings is 3. The molecule has 1 aliphatic carbocycles. The minimum Gasteiger partial charge on any atom is -0.454 e. The Balaban J connectivity index is 1.60. The van der Waals surface area contributed by atoms with Gasteiger partial charge in [-0.25, -0.2) is 8.78 Å². The van der Waals surface area contributed by atoms with Crippen LogP contribution in [0.15, 0.2) is 60.7 Å². The van der Waals surface area contributed by atoms with Crippen LogP contribution in [0.5, 0.6) is 11.5 Å². The number of rotatable bonds is 8. The molecule has 4 rings (SSSR count). The summed E-state index contributed by atoms with van der Waals surface area (Å²) in [6.07, 6.45) is 3.35. The highest BCUT2D eigenvalue weighted by Gasteiger charge is 2.30. The van der Waals surface area contributed by atoms with Crippen molar-refractivity contribution in [2.24, 2.45) is 11.8 Å². The lowest BCUT2D eigenvalue weighted by molar-refractivity contribution is -0.137. The number of hydrogen-bond acceptors (Lipinski definition) is 1. The van der Waals surface area contributed by atoms with Gasteiger partial charge in [-0.15, -0.1) is 0 Å². The Morgan fingerprint density at radius 2 is 1.44 bits per heavy atom. The second kappa shape index (κ2) is 11.4. The van der Waals surface area contributed by atoms with E-state index in [0.717, 1.165) is 43.0 Å². The molecule has 0 amide bonds. The van der Waals surface area contributed by atoms with Crippen molar-refractivity contribution in [3.63, 3.8) is 0 Å². The normalized spacial score (nSPS) is 18.3. The van der Waals surface area contributed by atoms with Crippen LogP contribution in [-0.2, 0) is 12.6 Å². The van der Waals surface area contributed by atoms with Crippen molar-refractivity contribution in [3.05, 3.63) is 83.4 Å². The summed E-state index contributed by atoms with van der Waals surface area (Å²) in [6, 6.07) is 14.0. The molecule has 3 aromatic carbocycles. The first kappa shape index (κ1) is 26.2. The maximum atomic E-state index is 15.8. The van der Waals surface area contributed by atoms with Gasteiger partial charge in [0.15, 0.2) is 11.6 Å². The topological polar surface area (TPSA) is 9.23 Å². The summed E-state index contributed by atoms with van der Waals surface area (Å²) in [6.45, 7) is 2.20. The van der Waals surface area contributed by atoms with Gasteiger partial charge in [0.2, 0.25) is 0 Å². The summed E-state index contributed by atoms with van der Waals surface area (Å²) in [5, 5.41) is 0. The Morgan fingerprint density at radius 3 is 2.03 bits per heavy atom. The first-order chi connectivity index (χ1) is 17.3. The average Bonchev–Trinajstić information content (AvgIpc) is 2.87. The second-order valence-electron chi connectivity index (χ2n) is 9.73. The van der Waals surface area contributed by atoms with Crippen LogP contribution in [0.3, 0.4) is 0 Å². The Kier molecular flexibility index (Phi) is 8.32. The van der Waals surface area contributed by atoms with E-state index in [0.29, 0.717) is 17.9 Å². The molecule has 0 saturated heterocycles. The smallest absolute Gasteiger partial charge is 0.416 e. The number of halogens is 5. The van der Waals surface area contributed by atoms with Gasteiger partial charge in [0.1, 0.15) is 11.6 Å². The van der Waals surface area contributed by atoms with Gasteiger partial charge >= 0.3 is 6.18 Å². The van der Waals surface area contributed by atoms with Crippen LogP contribution in [0.2, 0.25) is 0 Å². The Morgan fingerprint density at radius 1 is 0.833 bits per heavy atom. The third-order valence-electron chi connectivity index (χ3n) is 7.22. The van der Waals surface area contributed by atoms with Crippen LogP contribution in [-0.4, -0.2) is 0 Å². The van der Waals surface area contributed by atoms with Gasteiger partial charge in [-0.1, -0.05) is 75.8 Å². The molecule has 0 aromatic heterocycles. The molecule has 0 heterocycles. The Bertz CT molecular complexity index is 1130. The Hall–Kier alpha value is -2.89. The van der Waals surface area contributed by atoms with E-state index in [1.165, 1.54) is 31.7 Å². The lowest BCUT2D eigenvalue weighted by atomic mass is 9.78. The van der Waals surface area contributed by atoms with E-state index >= 15 is 8.78 Å². The van der Waals surface area contributed by atoms with Crippen molar-refractivity contribution in [2.75, 3.05) is 0 Å². The summed E-state index contributed by atoms with van der Waals surface area (Å²) in [5.41, 5.74) is -0.0911. The molecule has 192 valence electrons. The largest absolute Gasteiger partial charge is 0.454 e. The van der Waals surface area contributed by atoms with Gasteiger partial charge < -0.3 is 4.74 Å². The zero-order valence-corrected chi connectivity index (χ0v) is 20.4. The van der Waals surface area contributed by atoms with Crippen molar-refractivity contribution in [2.45, 2.75) is 64.5 Å². The van der Waals surface area contributed by atoms with Crippen molar-refractivity contribution >= 4 is 0 Å². The van der Waals surface area contributed by atoms with E-state index in [2.05, 4.69) is 6.92 Å². The molecule has 0 radical (unpaired) electrons. The SMILES string of the molecule is CCC[C@H]1CC[C@H](CCc2c(F)cc(-c3ccccc3)c(Oc3ccc(C(F)(F)F)cc3)c2F)CC1. The van der Waals surface area contributed by atoms with Gasteiger partial charge in [0.05, 0.1) is 5.56 Å². The number of ether oxygens (including phenoxy) is 1. The zero-order valence-electron chi connectivity index (χ0n) is 20.4. The molecule has 1 aliphatic rings. The predicted octanol–water partition coefficient (Wildman–Crippen LogP) is 9.98. The summed E-state index contributed by atoms with van der Waals surface area (Å²) < 4.78 is 75.6. The second-order valence-corrected chi connectivity index (χ2v) is 9.73. The van der Waals surface area contributed by atoms with E-state index in [-0.39, 0.29) is 29.0 Å². The highest BCUT2D eigenvalue weighted by Crippen LogP contribution is 2.41. The van der Waals surface area contributed by atoms with Crippen LogP contribution in [0.4, 0.5) is 22.0 Å². The van der Waals surface area contributed by atoms with E-state index in [9.17, 15) is 13.2 Å². The molecule has 1 nitrogen and oxygen atoms in total. The molecule has 0 atom stereocenters. The summed E-state index contributed by atoms with van der Waals surface area (Å²) in [4.78, 5) is 0. The third kappa shape index (κ3) is 6.26. The van der Waals surface area contributed by atoms with Crippen LogP contribution in [0.25, 0.3) is 11.1 Å². The molecule has 0 spiro atoms. The van der Waals surface area contributed by atoms with Gasteiger partial charge in [0.25, 0.3) is 0 Å². The van der Waals surface area contributed by atoms with E-state index in [1.807, 2.05) is 0 Å². The lowest BCUT2D eigenvalue weighted by Gasteiger charge is -2.28. The fourth-order valence-electron chi connectivity index (χ4n) is 5.20. The highest BCUT2D eigenvalue weighted by molar-refractivity contribution is 5.72. The molecule has 3 aromatic rings. The monoisotopic (exact) mass is 502 g/mol. The van der Waals surface area contributed by atoms with E-state index < -0.39 is 23.4 Å². The molecule has 0 N–H and O–H groups in total. The minimum absolute atomic E-state index is 0.0349. The molecular formula is C30H31F5O. The molecule has 0 unspecified atom stereocenters. The lowest BCUT2D eigenvalue weighted by Crippen LogP contribution is -2.15. The van der Waals surface area contributed by atoms with Gasteiger partial charge in [-0.3, -0.25) is 0 Å². The first-order valence-electron chi connectivity index (χ1n) is 12.7. The van der Waals surface area contributed by atoms with Gasteiger partial charge in [0, 0.05) is 11.1 Å². The fourth-order valence-corrected chi connectivity index (χ4v) is 5.20. The maximum Gasteiger partial charge on any atom is 0.416 e. The van der Waals surface area contributed by atoms with Gasteiger partial charge in [-0.05, 0) is 60.6 Å². The van der Waals surface area contributed by atoms with Crippen LogP contribution in [0.1, 0.15) is 63.0 Å². The minimum atomic E-state index is -4.49. The maximum absolute atomic E-state index is 15.8. The predicted molar refractivity (Wildman–Crippen MR) is 132 cm³/mol. The molecule has 1 fully saturated rings. The summed E-state index contributed by atoms with van der Waals surface area (Å²) in [5.74, 6) is -0.368. The quantitative estimate of drug-likeness (QED) is 0.279. The van der Waals surface area contributed by atoms with E-state index in [1.54, 1.807) is 30.3 Å². The van der Waals surface area contributed by atoms with Crippen LogP contribution < -0.4 is 4.74 Å². The molecule has 36 heavy (non-hydrogen) atoms. The molecular weight excluding hydrogens is 471 g/mol. The molecule has 1 saturated carbocycles. The van der Waals surface area contributed by atoms with Crippen molar-refractivity contribution < 1.29 is 26.7 Å². The Labute approximate surface area is 209 Å².